The molecule has 0 saturated carbocycles. The number of phenolic OH excluding ortho intramolecular Hbond substituents is 3. The molecule has 12 nitrogen and oxygen atoms in total. The molecule has 0 bridgehead atoms. The fourth-order valence-corrected chi connectivity index (χ4v) is 4.35. The zero-order chi connectivity index (χ0) is 32.9. The van der Waals surface area contributed by atoms with E-state index in [0.717, 1.165) is 31.4 Å². The van der Waals surface area contributed by atoms with E-state index in [4.69, 9.17) is 24.8 Å². The van der Waals surface area contributed by atoms with Gasteiger partial charge in [-0.2, -0.15) is 0 Å². The lowest BCUT2D eigenvalue weighted by atomic mass is 10.0. The van der Waals surface area contributed by atoms with Crippen LogP contribution < -0.4 is 0 Å². The number of benzene rings is 1. The third-order valence-electron chi connectivity index (χ3n) is 6.93. The Morgan fingerprint density at radius 3 is 1.73 bits per heavy atom. The van der Waals surface area contributed by atoms with Gasteiger partial charge in [-0.05, 0) is 25.0 Å². The van der Waals surface area contributed by atoms with Crippen molar-refractivity contribution < 1.29 is 59.2 Å². The number of aliphatic hydroxyl groups is 3. The van der Waals surface area contributed by atoms with E-state index in [2.05, 4.69) is 11.7 Å². The van der Waals surface area contributed by atoms with Crippen molar-refractivity contribution in [1.29, 1.82) is 0 Å². The van der Waals surface area contributed by atoms with Gasteiger partial charge in [-0.15, -0.1) is 0 Å². The molecule has 1 aromatic rings. The molecule has 1 aliphatic heterocycles. The average molecular weight is 627 g/mol. The molecule has 1 aliphatic rings. The molecule has 12 heteroatoms. The van der Waals surface area contributed by atoms with E-state index in [1.165, 1.54) is 64.2 Å². The maximum atomic E-state index is 11.7. The van der Waals surface area contributed by atoms with Crippen molar-refractivity contribution >= 4 is 17.9 Å². The summed E-state index contributed by atoms with van der Waals surface area (Å²) in [7, 11) is 0. The summed E-state index contributed by atoms with van der Waals surface area (Å²) in [4.78, 5) is 34.1. The van der Waals surface area contributed by atoms with Crippen LogP contribution in [0.5, 0.6) is 17.2 Å². The first-order chi connectivity index (χ1) is 21.0. The Hall–Kier alpha value is -3.67. The highest BCUT2D eigenvalue weighted by Crippen LogP contribution is 2.35. The molecule has 44 heavy (non-hydrogen) atoms. The van der Waals surface area contributed by atoms with Gasteiger partial charge in [-0.1, -0.05) is 90.9 Å². The van der Waals surface area contributed by atoms with Gasteiger partial charge in [0.25, 0.3) is 0 Å². The predicted molar refractivity (Wildman–Crippen MR) is 161 cm³/mol. The van der Waals surface area contributed by atoms with E-state index >= 15 is 0 Å². The molecule has 0 fully saturated rings. The second-order valence-electron chi connectivity index (χ2n) is 10.8. The summed E-state index contributed by atoms with van der Waals surface area (Å²) in [5, 5.41) is 55.8. The Morgan fingerprint density at radius 2 is 1.27 bits per heavy atom. The zero-order valence-electron chi connectivity index (χ0n) is 26.0. The number of esters is 3. The summed E-state index contributed by atoms with van der Waals surface area (Å²) in [5.74, 6) is -5.63. The molecule has 0 unspecified atom stereocenters. The number of ether oxygens (including phenoxy) is 3. The number of hydrogen-bond donors (Lipinski definition) is 6. The van der Waals surface area contributed by atoms with Crippen LogP contribution in [0.4, 0.5) is 0 Å². The maximum absolute atomic E-state index is 11.7. The van der Waals surface area contributed by atoms with Crippen LogP contribution in [0, 0.1) is 0 Å². The van der Waals surface area contributed by atoms with Gasteiger partial charge in [0, 0.05) is 6.42 Å². The van der Waals surface area contributed by atoms with Crippen molar-refractivity contribution in [1.82, 2.24) is 0 Å². The van der Waals surface area contributed by atoms with Gasteiger partial charge >= 0.3 is 17.9 Å². The van der Waals surface area contributed by atoms with E-state index in [9.17, 15) is 29.7 Å². The van der Waals surface area contributed by atoms with Crippen molar-refractivity contribution in [2.24, 2.45) is 0 Å². The maximum Gasteiger partial charge on any atom is 0.377 e. The molecule has 1 heterocycles. The Morgan fingerprint density at radius 1 is 0.773 bits per heavy atom. The highest BCUT2D eigenvalue weighted by Gasteiger charge is 2.39. The molecular weight excluding hydrogens is 576 g/mol. The van der Waals surface area contributed by atoms with Crippen molar-refractivity contribution in [3.8, 4) is 17.2 Å². The molecule has 0 radical (unpaired) electrons. The smallest absolute Gasteiger partial charge is 0.377 e. The van der Waals surface area contributed by atoms with E-state index in [1.54, 1.807) is 0 Å². The minimum atomic E-state index is -1.42. The number of aliphatic hydroxyl groups excluding tert-OH is 3. The second-order valence-corrected chi connectivity index (χ2v) is 10.8. The van der Waals surface area contributed by atoms with E-state index in [0.29, 0.717) is 6.42 Å². The molecule has 250 valence electrons. The number of carbonyl (C=O) groups is 3. The molecule has 0 amide bonds. The Bertz CT molecular complexity index is 1030. The molecule has 0 aromatic heterocycles. The summed E-state index contributed by atoms with van der Waals surface area (Å²) in [6, 6.07) is 2.07. The first kappa shape index (κ1) is 38.4. The average Bonchev–Trinajstić information content (AvgIpc) is 3.26. The lowest BCUT2D eigenvalue weighted by Crippen LogP contribution is -2.33. The van der Waals surface area contributed by atoms with Gasteiger partial charge in [-0.25, -0.2) is 9.59 Å². The van der Waals surface area contributed by atoms with E-state index in [-0.39, 0.29) is 18.6 Å². The van der Waals surface area contributed by atoms with Crippen molar-refractivity contribution in [3.05, 3.63) is 29.2 Å². The molecule has 6 N–H and O–H groups in total. The second kappa shape index (κ2) is 21.9. The first-order valence-electron chi connectivity index (χ1n) is 15.6. The minimum Gasteiger partial charge on any atom is -0.505 e. The minimum absolute atomic E-state index is 0.00347. The largest absolute Gasteiger partial charge is 0.505 e. The molecular formula is C32H50O12. The molecule has 2 atom stereocenters. The van der Waals surface area contributed by atoms with Crippen LogP contribution in [0.15, 0.2) is 23.7 Å². The fraction of sp³-hybridized carbons (Fsp3) is 0.656. The van der Waals surface area contributed by atoms with Crippen molar-refractivity contribution in [2.75, 3.05) is 13.2 Å². The van der Waals surface area contributed by atoms with Crippen LogP contribution in [0.25, 0.3) is 0 Å². The lowest BCUT2D eigenvalue weighted by molar-refractivity contribution is -0.154. The van der Waals surface area contributed by atoms with Gasteiger partial charge < -0.3 is 44.8 Å². The van der Waals surface area contributed by atoms with Crippen LogP contribution in [0.1, 0.15) is 121 Å². The molecule has 0 spiro atoms. The van der Waals surface area contributed by atoms with Crippen LogP contribution in [0.3, 0.4) is 0 Å². The van der Waals surface area contributed by atoms with Gasteiger partial charge in [0.2, 0.25) is 5.76 Å². The number of cyclic esters (lactones) is 1. The molecule has 0 aliphatic carbocycles. The fourth-order valence-electron chi connectivity index (χ4n) is 4.35. The van der Waals surface area contributed by atoms with Crippen molar-refractivity contribution in [3.63, 3.8) is 0 Å². The summed E-state index contributed by atoms with van der Waals surface area (Å²) >= 11 is 0. The molecule has 2 rings (SSSR count). The third kappa shape index (κ3) is 14.7. The van der Waals surface area contributed by atoms with Crippen molar-refractivity contribution in [2.45, 2.75) is 122 Å². The summed E-state index contributed by atoms with van der Waals surface area (Å²) in [6.45, 7) is 3.94. The van der Waals surface area contributed by atoms with Crippen LogP contribution in [-0.2, 0) is 23.8 Å². The number of aromatic hydroxyl groups is 3. The lowest BCUT2D eigenvalue weighted by Gasteiger charge is -2.17. The highest BCUT2D eigenvalue weighted by molar-refractivity contribution is 5.91. The Balaban J connectivity index is 0.000000539. The highest BCUT2D eigenvalue weighted by atomic mass is 16.6. The van der Waals surface area contributed by atoms with Gasteiger partial charge in [-0.3, -0.25) is 4.79 Å². The van der Waals surface area contributed by atoms with Crippen LogP contribution >= 0.6 is 0 Å². The predicted octanol–water partition coefficient (Wildman–Crippen LogP) is 6.00. The number of hydrogen-bond acceptors (Lipinski definition) is 12. The number of unbranched alkanes of at least 4 members (excludes halogenated alkanes) is 12. The van der Waals surface area contributed by atoms with Gasteiger partial charge in [0.1, 0.15) is 12.7 Å². The summed E-state index contributed by atoms with van der Waals surface area (Å²) in [6.07, 6.45) is 14.1. The zero-order valence-corrected chi connectivity index (χ0v) is 26.0. The number of rotatable bonds is 20. The molecule has 1 aromatic carbocycles. The van der Waals surface area contributed by atoms with Gasteiger partial charge in [0.05, 0.1) is 12.2 Å². The Labute approximate surface area is 259 Å². The van der Waals surface area contributed by atoms with E-state index in [1.807, 2.05) is 6.92 Å². The normalized spacial score (nSPS) is 14.9. The Kier molecular flexibility index (Phi) is 19.1. The van der Waals surface area contributed by atoms with Crippen LogP contribution in [0.2, 0.25) is 0 Å². The number of carbonyl (C=O) groups excluding carboxylic acids is 3. The number of phenols is 3. The summed E-state index contributed by atoms with van der Waals surface area (Å²) in [5.41, 5.74) is -0.00347. The van der Waals surface area contributed by atoms with E-state index < -0.39 is 65.5 Å². The SMILES string of the molecule is CCCCCCCCCCCCCCCC(=O)OC[C@H](O)[C@H]1OC(=O)C(O)=C1O.CCCOC(=O)c1cc(O)c(O)c(O)c1. The quantitative estimate of drug-likeness (QED) is 0.0428. The standard InChI is InChI=1S/C22H38O7.C10H12O5/c1-2-3-4-5-6-7-8-9-10-11-12-13-14-15-18(24)28-16-17(23)21-19(25)20(26)22(27)29-21;1-2-3-15-10(14)6-4-7(11)9(13)8(12)5-6/h17,21,23,25-26H,2-16H2,1H3;4-5,11-13H,2-3H2,1H3/t17-,21+;/m0./s1. The molecule has 0 saturated heterocycles. The topological polar surface area (TPSA) is 200 Å². The van der Waals surface area contributed by atoms with Crippen LogP contribution in [-0.4, -0.2) is 74.0 Å². The first-order valence-corrected chi connectivity index (χ1v) is 15.6. The third-order valence-corrected chi connectivity index (χ3v) is 6.93. The van der Waals surface area contributed by atoms with Gasteiger partial charge in [0.15, 0.2) is 29.1 Å². The monoisotopic (exact) mass is 626 g/mol. The summed E-state index contributed by atoms with van der Waals surface area (Å²) < 4.78 is 14.3.